The van der Waals surface area contributed by atoms with Gasteiger partial charge in [-0.05, 0) is 42.5 Å². The molecule has 0 saturated heterocycles. The molecule has 0 bridgehead atoms. The first-order valence-electron chi connectivity index (χ1n) is 9.67. The van der Waals surface area contributed by atoms with Crippen molar-refractivity contribution in [2.75, 3.05) is 18.2 Å². The molecule has 8 nitrogen and oxygen atoms in total. The molecule has 5 aromatic rings. The van der Waals surface area contributed by atoms with Gasteiger partial charge in [0.05, 0.1) is 24.2 Å². The van der Waals surface area contributed by atoms with Crippen molar-refractivity contribution in [2.45, 2.75) is 5.16 Å². The van der Waals surface area contributed by atoms with Gasteiger partial charge in [0.2, 0.25) is 5.91 Å². The molecule has 0 spiro atoms. The molecule has 2 aromatic carbocycles. The predicted molar refractivity (Wildman–Crippen MR) is 119 cm³/mol. The van der Waals surface area contributed by atoms with Gasteiger partial charge in [0, 0.05) is 18.0 Å². The molecular formula is C22H17FN6O2S. The van der Waals surface area contributed by atoms with Crippen LogP contribution in [0.2, 0.25) is 0 Å². The summed E-state index contributed by atoms with van der Waals surface area (Å²) in [5.74, 6) is 0.0353. The zero-order valence-electron chi connectivity index (χ0n) is 16.9. The molecule has 0 unspecified atom stereocenters. The quantitative estimate of drug-likeness (QED) is 0.396. The number of hydrogen-bond acceptors (Lipinski definition) is 6. The van der Waals surface area contributed by atoms with Crippen LogP contribution in [0.4, 0.5) is 10.1 Å². The summed E-state index contributed by atoms with van der Waals surface area (Å²) >= 11 is 1.22. The molecule has 160 valence electrons. The summed E-state index contributed by atoms with van der Waals surface area (Å²) in [6.45, 7) is 0. The van der Waals surface area contributed by atoms with Crippen LogP contribution in [0.1, 0.15) is 0 Å². The number of anilines is 1. The Bertz CT molecular complexity index is 1430. The van der Waals surface area contributed by atoms with Crippen LogP contribution in [0.25, 0.3) is 22.4 Å². The highest BCUT2D eigenvalue weighted by Gasteiger charge is 2.15. The largest absolute Gasteiger partial charge is 0.497 e. The maximum Gasteiger partial charge on any atom is 0.234 e. The molecule has 0 fully saturated rings. The number of nitrogens with one attached hydrogen (secondary N) is 1. The average molecular weight is 448 g/mol. The number of nitrogens with zero attached hydrogens (tertiary/aromatic N) is 5. The van der Waals surface area contributed by atoms with E-state index < -0.39 is 5.82 Å². The lowest BCUT2D eigenvalue weighted by molar-refractivity contribution is -0.113. The number of carbonyl (C=O) groups is 1. The maximum absolute atomic E-state index is 13.7. The second-order valence-corrected chi connectivity index (χ2v) is 7.82. The van der Waals surface area contributed by atoms with Gasteiger partial charge in [0.15, 0.2) is 10.8 Å². The van der Waals surface area contributed by atoms with E-state index in [1.54, 1.807) is 34.4 Å². The van der Waals surface area contributed by atoms with Crippen molar-refractivity contribution in [1.29, 1.82) is 0 Å². The first-order valence-corrected chi connectivity index (χ1v) is 10.7. The van der Waals surface area contributed by atoms with E-state index >= 15 is 0 Å². The van der Waals surface area contributed by atoms with Gasteiger partial charge in [-0.3, -0.25) is 9.20 Å². The van der Waals surface area contributed by atoms with E-state index in [0.717, 1.165) is 22.5 Å². The third kappa shape index (κ3) is 3.76. The van der Waals surface area contributed by atoms with Crippen molar-refractivity contribution in [2.24, 2.45) is 0 Å². The van der Waals surface area contributed by atoms with E-state index in [9.17, 15) is 9.18 Å². The van der Waals surface area contributed by atoms with E-state index in [0.29, 0.717) is 10.8 Å². The maximum atomic E-state index is 13.7. The van der Waals surface area contributed by atoms with Crippen molar-refractivity contribution < 1.29 is 13.9 Å². The molecule has 32 heavy (non-hydrogen) atoms. The normalized spacial score (nSPS) is 11.2. The molecule has 1 N–H and O–H groups in total. The van der Waals surface area contributed by atoms with Gasteiger partial charge in [0.1, 0.15) is 17.1 Å². The second-order valence-electron chi connectivity index (χ2n) is 6.88. The molecule has 0 atom stereocenters. The highest BCUT2D eigenvalue weighted by Crippen LogP contribution is 2.25. The fraction of sp³-hybridized carbons (Fsp3) is 0.0909. The number of methoxy groups -OCH3 is 1. The van der Waals surface area contributed by atoms with Crippen molar-refractivity contribution in [3.8, 4) is 17.0 Å². The molecule has 0 saturated carbocycles. The molecule has 0 aliphatic heterocycles. The number of benzene rings is 2. The molecule has 1 amide bonds. The molecule has 3 heterocycles. The van der Waals surface area contributed by atoms with Crippen LogP contribution in [0.5, 0.6) is 5.75 Å². The Kier molecular flexibility index (Phi) is 5.20. The fourth-order valence-electron chi connectivity index (χ4n) is 3.27. The number of hydrogen-bond donors (Lipinski definition) is 1. The van der Waals surface area contributed by atoms with E-state index in [4.69, 9.17) is 4.74 Å². The molecular weight excluding hydrogens is 431 g/mol. The first-order chi connectivity index (χ1) is 15.6. The standard InChI is InChI=1S/C22H17FN6O2S/c1-31-15-8-6-14(7-9-15)18-12-19-21-25-26-22(28(21)10-11-29(19)27-18)32-13-20(30)24-17-5-3-2-4-16(17)23/h2-12H,13H2,1H3,(H,24,30). The Morgan fingerprint density at radius 3 is 2.72 bits per heavy atom. The summed E-state index contributed by atoms with van der Waals surface area (Å²) in [6, 6.07) is 15.6. The number of carbonyl (C=O) groups excluding carboxylic acids is 1. The highest BCUT2D eigenvalue weighted by molar-refractivity contribution is 7.99. The Balaban J connectivity index is 1.37. The topological polar surface area (TPSA) is 85.8 Å². The zero-order valence-corrected chi connectivity index (χ0v) is 17.7. The molecule has 0 radical (unpaired) electrons. The smallest absolute Gasteiger partial charge is 0.234 e. The number of ether oxygens (including phenoxy) is 1. The van der Waals surface area contributed by atoms with Gasteiger partial charge in [-0.1, -0.05) is 23.9 Å². The van der Waals surface area contributed by atoms with E-state index in [2.05, 4.69) is 20.6 Å². The number of halogens is 1. The van der Waals surface area contributed by atoms with E-state index in [-0.39, 0.29) is 17.3 Å². The van der Waals surface area contributed by atoms with Crippen molar-refractivity contribution in [3.63, 3.8) is 0 Å². The lowest BCUT2D eigenvalue weighted by Crippen LogP contribution is -2.15. The lowest BCUT2D eigenvalue weighted by Gasteiger charge is -2.05. The highest BCUT2D eigenvalue weighted by atomic mass is 32.2. The van der Waals surface area contributed by atoms with Crippen LogP contribution in [0.15, 0.2) is 72.1 Å². The van der Waals surface area contributed by atoms with Crippen LogP contribution < -0.4 is 10.1 Å². The van der Waals surface area contributed by atoms with Gasteiger partial charge in [-0.2, -0.15) is 5.10 Å². The monoisotopic (exact) mass is 448 g/mol. The first kappa shape index (κ1) is 20.0. The van der Waals surface area contributed by atoms with E-state index in [1.165, 1.54) is 23.9 Å². The number of rotatable bonds is 6. The van der Waals surface area contributed by atoms with Gasteiger partial charge < -0.3 is 10.1 Å². The second kappa shape index (κ2) is 8.31. The Hall–Kier alpha value is -3.92. The fourth-order valence-corrected chi connectivity index (χ4v) is 3.99. The predicted octanol–water partition coefficient (Wildman–Crippen LogP) is 3.92. The van der Waals surface area contributed by atoms with Crippen molar-refractivity contribution >= 4 is 34.5 Å². The summed E-state index contributed by atoms with van der Waals surface area (Å²) < 4.78 is 22.5. The number of amides is 1. The molecule has 10 heteroatoms. The van der Waals surface area contributed by atoms with Crippen LogP contribution in [0, 0.1) is 5.82 Å². The SMILES string of the molecule is COc1ccc(-c2cc3c4nnc(SCC(=O)Nc5ccccc5F)n4ccn3n2)cc1. The third-order valence-electron chi connectivity index (χ3n) is 4.85. The number of aromatic nitrogens is 5. The van der Waals surface area contributed by atoms with Gasteiger partial charge >= 0.3 is 0 Å². The van der Waals surface area contributed by atoms with Crippen molar-refractivity contribution in [3.05, 3.63) is 72.8 Å². The molecule has 5 rings (SSSR count). The summed E-state index contributed by atoms with van der Waals surface area (Å²) in [4.78, 5) is 12.2. The molecule has 3 aromatic heterocycles. The third-order valence-corrected chi connectivity index (χ3v) is 5.80. The summed E-state index contributed by atoms with van der Waals surface area (Å²) in [5.41, 5.74) is 3.30. The Morgan fingerprint density at radius 1 is 1.12 bits per heavy atom. The van der Waals surface area contributed by atoms with Crippen LogP contribution in [-0.2, 0) is 4.79 Å². The Labute approximate surface area is 186 Å². The number of para-hydroxylation sites is 1. The summed E-state index contributed by atoms with van der Waals surface area (Å²) in [6.07, 6.45) is 3.60. The summed E-state index contributed by atoms with van der Waals surface area (Å²) in [7, 11) is 1.63. The lowest BCUT2D eigenvalue weighted by atomic mass is 10.1. The molecule has 0 aliphatic carbocycles. The Morgan fingerprint density at radius 2 is 1.94 bits per heavy atom. The summed E-state index contributed by atoms with van der Waals surface area (Å²) in [5, 5.41) is 16.2. The molecule has 0 aliphatic rings. The minimum atomic E-state index is -0.477. The van der Waals surface area contributed by atoms with Gasteiger partial charge in [-0.15, -0.1) is 10.2 Å². The number of thioether (sulfide) groups is 1. The number of fused-ring (bicyclic) bond motifs is 3. The van der Waals surface area contributed by atoms with Crippen LogP contribution in [0.3, 0.4) is 0 Å². The van der Waals surface area contributed by atoms with E-state index in [1.807, 2.05) is 36.5 Å². The van der Waals surface area contributed by atoms with Gasteiger partial charge in [-0.25, -0.2) is 8.91 Å². The van der Waals surface area contributed by atoms with Crippen molar-refractivity contribution in [1.82, 2.24) is 24.2 Å². The van der Waals surface area contributed by atoms with Gasteiger partial charge in [0.25, 0.3) is 0 Å². The minimum absolute atomic E-state index is 0.0661. The average Bonchev–Trinajstić information content (AvgIpc) is 3.43. The van der Waals surface area contributed by atoms with Crippen LogP contribution >= 0.6 is 11.8 Å². The van der Waals surface area contributed by atoms with Crippen LogP contribution in [-0.4, -0.2) is 43.0 Å². The zero-order chi connectivity index (χ0) is 22.1. The minimum Gasteiger partial charge on any atom is -0.497 e.